The van der Waals surface area contributed by atoms with Crippen LogP contribution in [-0.2, 0) is 4.79 Å². The van der Waals surface area contributed by atoms with Gasteiger partial charge in [-0.3, -0.25) is 4.79 Å². The van der Waals surface area contributed by atoms with Gasteiger partial charge in [0.25, 0.3) is 0 Å². The standard InChI is InChI=1S/C13H16FNO2S/c1-2-18-9-13(16)15-7-12(8-15)17-11-5-3-10(14)4-6-11/h3-6,12H,2,7-9H2,1H3. The summed E-state index contributed by atoms with van der Waals surface area (Å²) in [5.74, 6) is 2.04. The number of likely N-dealkylation sites (tertiary alicyclic amines) is 1. The van der Waals surface area contributed by atoms with Crippen molar-refractivity contribution in [1.29, 1.82) is 0 Å². The van der Waals surface area contributed by atoms with Crippen LogP contribution in [0.15, 0.2) is 24.3 Å². The van der Waals surface area contributed by atoms with Crippen LogP contribution in [0.3, 0.4) is 0 Å². The molecule has 0 spiro atoms. The molecule has 0 radical (unpaired) electrons. The maximum atomic E-state index is 12.7. The highest BCUT2D eigenvalue weighted by atomic mass is 32.2. The number of rotatable bonds is 5. The van der Waals surface area contributed by atoms with Gasteiger partial charge in [-0.05, 0) is 30.0 Å². The van der Waals surface area contributed by atoms with Crippen LogP contribution in [0.2, 0.25) is 0 Å². The second-order valence-electron chi connectivity index (χ2n) is 4.13. The number of benzene rings is 1. The van der Waals surface area contributed by atoms with Crippen molar-refractivity contribution in [3.8, 4) is 5.75 Å². The lowest BCUT2D eigenvalue weighted by atomic mass is 10.1. The molecule has 98 valence electrons. The van der Waals surface area contributed by atoms with Gasteiger partial charge in [-0.15, -0.1) is 0 Å². The summed E-state index contributed by atoms with van der Waals surface area (Å²) < 4.78 is 18.3. The second kappa shape index (κ2) is 6.09. The average Bonchev–Trinajstić information content (AvgIpc) is 2.32. The number of hydrogen-bond acceptors (Lipinski definition) is 3. The molecule has 0 aromatic heterocycles. The Bertz CT molecular complexity index is 404. The molecule has 1 aromatic carbocycles. The van der Waals surface area contributed by atoms with Gasteiger partial charge in [0.1, 0.15) is 17.7 Å². The Morgan fingerprint density at radius 2 is 2.11 bits per heavy atom. The van der Waals surface area contributed by atoms with Crippen molar-refractivity contribution in [2.45, 2.75) is 13.0 Å². The molecule has 0 saturated carbocycles. The molecule has 1 heterocycles. The molecule has 0 unspecified atom stereocenters. The highest BCUT2D eigenvalue weighted by Crippen LogP contribution is 2.19. The summed E-state index contributed by atoms with van der Waals surface area (Å²) in [5, 5.41) is 0. The van der Waals surface area contributed by atoms with Crippen molar-refractivity contribution < 1.29 is 13.9 Å². The van der Waals surface area contributed by atoms with Crippen LogP contribution in [-0.4, -0.2) is 41.5 Å². The van der Waals surface area contributed by atoms with Crippen LogP contribution in [0, 0.1) is 5.82 Å². The molecular formula is C13H16FNO2S. The molecule has 5 heteroatoms. The summed E-state index contributed by atoms with van der Waals surface area (Å²) in [5.41, 5.74) is 0. The predicted molar refractivity (Wildman–Crippen MR) is 70.4 cm³/mol. The third kappa shape index (κ3) is 3.38. The molecule has 0 N–H and O–H groups in total. The average molecular weight is 269 g/mol. The lowest BCUT2D eigenvalue weighted by Gasteiger charge is -2.39. The second-order valence-corrected chi connectivity index (χ2v) is 5.40. The van der Waals surface area contributed by atoms with Crippen LogP contribution < -0.4 is 4.74 Å². The fourth-order valence-corrected chi connectivity index (χ4v) is 2.26. The van der Waals surface area contributed by atoms with Crippen molar-refractivity contribution in [3.05, 3.63) is 30.1 Å². The van der Waals surface area contributed by atoms with E-state index in [9.17, 15) is 9.18 Å². The summed E-state index contributed by atoms with van der Waals surface area (Å²) in [6.07, 6.45) is 0.0334. The van der Waals surface area contributed by atoms with Crippen molar-refractivity contribution in [3.63, 3.8) is 0 Å². The zero-order valence-electron chi connectivity index (χ0n) is 10.3. The Balaban J connectivity index is 1.73. The van der Waals surface area contributed by atoms with Gasteiger partial charge in [0.05, 0.1) is 18.8 Å². The Hall–Kier alpha value is -1.23. The zero-order chi connectivity index (χ0) is 13.0. The Morgan fingerprint density at radius 3 is 2.72 bits per heavy atom. The third-order valence-corrected chi connectivity index (χ3v) is 3.61. The minimum atomic E-state index is -0.274. The molecule has 18 heavy (non-hydrogen) atoms. The molecule has 0 aliphatic carbocycles. The molecule has 0 bridgehead atoms. The summed E-state index contributed by atoms with van der Waals surface area (Å²) in [6, 6.07) is 5.95. The lowest BCUT2D eigenvalue weighted by Crippen LogP contribution is -2.56. The lowest BCUT2D eigenvalue weighted by molar-refractivity contribution is -0.136. The Morgan fingerprint density at radius 1 is 1.44 bits per heavy atom. The fraction of sp³-hybridized carbons (Fsp3) is 0.462. The first-order chi connectivity index (χ1) is 8.69. The smallest absolute Gasteiger partial charge is 0.232 e. The van der Waals surface area contributed by atoms with E-state index < -0.39 is 0 Å². The van der Waals surface area contributed by atoms with Crippen molar-refractivity contribution >= 4 is 17.7 Å². The Labute approximate surface area is 110 Å². The fourth-order valence-electron chi connectivity index (χ4n) is 1.70. The molecular weight excluding hydrogens is 253 g/mol. The summed E-state index contributed by atoms with van der Waals surface area (Å²) in [4.78, 5) is 13.4. The monoisotopic (exact) mass is 269 g/mol. The molecule has 1 saturated heterocycles. The molecule has 1 fully saturated rings. The molecule has 2 rings (SSSR count). The SMILES string of the molecule is CCSCC(=O)N1CC(Oc2ccc(F)cc2)C1. The number of carbonyl (C=O) groups is 1. The zero-order valence-corrected chi connectivity index (χ0v) is 11.1. The van der Waals surface area contributed by atoms with Crippen LogP contribution in [0.1, 0.15) is 6.92 Å². The van der Waals surface area contributed by atoms with Crippen LogP contribution in [0.5, 0.6) is 5.75 Å². The van der Waals surface area contributed by atoms with E-state index in [1.165, 1.54) is 12.1 Å². The molecule has 1 aliphatic heterocycles. The van der Waals surface area contributed by atoms with Gasteiger partial charge in [0, 0.05) is 0 Å². The molecule has 1 aliphatic rings. The van der Waals surface area contributed by atoms with Gasteiger partial charge in [-0.1, -0.05) is 6.92 Å². The highest BCUT2D eigenvalue weighted by molar-refractivity contribution is 7.99. The minimum Gasteiger partial charge on any atom is -0.487 e. The third-order valence-electron chi connectivity index (χ3n) is 2.75. The number of nitrogens with zero attached hydrogens (tertiary/aromatic N) is 1. The van der Waals surface area contributed by atoms with E-state index in [0.717, 1.165) is 5.75 Å². The topological polar surface area (TPSA) is 29.5 Å². The van der Waals surface area contributed by atoms with E-state index in [1.807, 2.05) is 6.92 Å². The van der Waals surface area contributed by atoms with E-state index in [1.54, 1.807) is 28.8 Å². The number of hydrogen-bond donors (Lipinski definition) is 0. The van der Waals surface area contributed by atoms with Crippen LogP contribution >= 0.6 is 11.8 Å². The molecule has 3 nitrogen and oxygen atoms in total. The largest absolute Gasteiger partial charge is 0.487 e. The quantitative estimate of drug-likeness (QED) is 0.820. The van der Waals surface area contributed by atoms with Gasteiger partial charge < -0.3 is 9.64 Å². The van der Waals surface area contributed by atoms with E-state index in [-0.39, 0.29) is 17.8 Å². The van der Waals surface area contributed by atoms with Crippen molar-refractivity contribution in [2.24, 2.45) is 0 Å². The highest BCUT2D eigenvalue weighted by Gasteiger charge is 2.31. The predicted octanol–water partition coefficient (Wildman–Crippen LogP) is 2.17. The normalized spacial score (nSPS) is 15.3. The minimum absolute atomic E-state index is 0.0334. The van der Waals surface area contributed by atoms with E-state index >= 15 is 0 Å². The van der Waals surface area contributed by atoms with Gasteiger partial charge in [0.2, 0.25) is 5.91 Å². The van der Waals surface area contributed by atoms with Gasteiger partial charge in [0.15, 0.2) is 0 Å². The first kappa shape index (κ1) is 13.2. The van der Waals surface area contributed by atoms with Gasteiger partial charge in [-0.2, -0.15) is 11.8 Å². The number of carbonyl (C=O) groups excluding carboxylic acids is 1. The molecule has 1 aromatic rings. The maximum absolute atomic E-state index is 12.7. The maximum Gasteiger partial charge on any atom is 0.232 e. The number of halogens is 1. The Kier molecular flexibility index (Phi) is 4.47. The van der Waals surface area contributed by atoms with E-state index in [0.29, 0.717) is 24.6 Å². The van der Waals surface area contributed by atoms with Gasteiger partial charge in [-0.25, -0.2) is 4.39 Å². The van der Waals surface area contributed by atoms with Crippen molar-refractivity contribution in [2.75, 3.05) is 24.6 Å². The molecule has 1 amide bonds. The summed E-state index contributed by atoms with van der Waals surface area (Å²) in [6.45, 7) is 3.29. The number of amides is 1. The van der Waals surface area contributed by atoms with Crippen LogP contribution in [0.4, 0.5) is 4.39 Å². The number of thioether (sulfide) groups is 1. The number of ether oxygens (including phenoxy) is 1. The first-order valence-corrected chi connectivity index (χ1v) is 7.12. The van der Waals surface area contributed by atoms with Gasteiger partial charge >= 0.3 is 0 Å². The molecule has 0 atom stereocenters. The van der Waals surface area contributed by atoms with E-state index in [2.05, 4.69) is 0 Å². The first-order valence-electron chi connectivity index (χ1n) is 5.96. The van der Waals surface area contributed by atoms with E-state index in [4.69, 9.17) is 4.74 Å². The van der Waals surface area contributed by atoms with Crippen LogP contribution in [0.25, 0.3) is 0 Å². The van der Waals surface area contributed by atoms with Crippen molar-refractivity contribution in [1.82, 2.24) is 4.90 Å². The summed E-state index contributed by atoms with van der Waals surface area (Å²) in [7, 11) is 0. The summed E-state index contributed by atoms with van der Waals surface area (Å²) >= 11 is 1.63.